The quantitative estimate of drug-likeness (QED) is 0.342. The fourth-order valence-corrected chi connectivity index (χ4v) is 1.55. The zero-order valence-electron chi connectivity index (χ0n) is 12.3. The monoisotopic (exact) mass is 295 g/mol. The first-order chi connectivity index (χ1) is 10.0. The van der Waals surface area contributed by atoms with E-state index in [1.54, 1.807) is 13.0 Å². The number of carbonyl (C=O) groups is 2. The van der Waals surface area contributed by atoms with Gasteiger partial charge >= 0.3 is 11.9 Å². The molecular formula is C14H17NO6. The van der Waals surface area contributed by atoms with E-state index >= 15 is 0 Å². The van der Waals surface area contributed by atoms with E-state index in [1.165, 1.54) is 33.3 Å². The molecule has 0 atom stereocenters. The zero-order chi connectivity index (χ0) is 15.8. The third-order valence-electron chi connectivity index (χ3n) is 2.35. The Balaban J connectivity index is 3.35. The Morgan fingerprint density at radius 1 is 1.24 bits per heavy atom. The second kappa shape index (κ2) is 7.88. The van der Waals surface area contributed by atoms with Crippen LogP contribution in [0.25, 0.3) is 0 Å². The van der Waals surface area contributed by atoms with Crippen molar-refractivity contribution in [1.29, 1.82) is 0 Å². The van der Waals surface area contributed by atoms with E-state index in [2.05, 4.69) is 9.99 Å². The molecule has 1 aromatic rings. The van der Waals surface area contributed by atoms with Gasteiger partial charge in [-0.25, -0.2) is 4.79 Å². The lowest BCUT2D eigenvalue weighted by atomic mass is 10.1. The second-order valence-electron chi connectivity index (χ2n) is 3.80. The Labute approximate surface area is 122 Å². The number of oxime groups is 1. The first-order valence-corrected chi connectivity index (χ1v) is 6.18. The largest absolute Gasteiger partial charge is 0.497 e. The van der Waals surface area contributed by atoms with Gasteiger partial charge in [0.2, 0.25) is 0 Å². The van der Waals surface area contributed by atoms with Crippen molar-refractivity contribution >= 4 is 17.7 Å². The van der Waals surface area contributed by atoms with Crippen LogP contribution >= 0.6 is 0 Å². The smallest absolute Gasteiger partial charge is 0.361 e. The summed E-state index contributed by atoms with van der Waals surface area (Å²) in [6, 6.07) is 4.60. The van der Waals surface area contributed by atoms with Gasteiger partial charge in [0, 0.05) is 6.92 Å². The van der Waals surface area contributed by atoms with Crippen LogP contribution in [0.3, 0.4) is 0 Å². The summed E-state index contributed by atoms with van der Waals surface area (Å²) in [7, 11) is 2.77. The first-order valence-electron chi connectivity index (χ1n) is 6.18. The summed E-state index contributed by atoms with van der Waals surface area (Å²) < 4.78 is 15.1. The Kier molecular flexibility index (Phi) is 6.19. The van der Waals surface area contributed by atoms with Gasteiger partial charge in [-0.3, -0.25) is 4.79 Å². The predicted octanol–water partition coefficient (Wildman–Crippen LogP) is 1.53. The molecule has 0 aromatic heterocycles. The lowest BCUT2D eigenvalue weighted by molar-refractivity contribution is -0.135. The minimum absolute atomic E-state index is 0.116. The van der Waals surface area contributed by atoms with Gasteiger partial charge in [0.05, 0.1) is 19.3 Å². The van der Waals surface area contributed by atoms with Crippen molar-refractivity contribution in [2.45, 2.75) is 13.8 Å². The van der Waals surface area contributed by atoms with Crippen LogP contribution in [-0.2, 0) is 19.2 Å². The standard InChI is InChI=1S/C14H17NO6/c1-5-20-14(17)13(15-19-4)11-8-10(18-3)6-7-12(11)21-9(2)16/h6-8H,5H2,1-4H3/b15-13+. The van der Waals surface area contributed by atoms with Crippen LogP contribution in [0.2, 0.25) is 0 Å². The van der Waals surface area contributed by atoms with Crippen LogP contribution < -0.4 is 9.47 Å². The number of methoxy groups -OCH3 is 1. The molecule has 0 unspecified atom stereocenters. The molecule has 0 heterocycles. The minimum atomic E-state index is -0.694. The van der Waals surface area contributed by atoms with Crippen LogP contribution in [0.1, 0.15) is 19.4 Å². The molecule has 0 aliphatic carbocycles. The molecule has 0 N–H and O–H groups in total. The fourth-order valence-electron chi connectivity index (χ4n) is 1.55. The van der Waals surface area contributed by atoms with Crippen LogP contribution in [0, 0.1) is 0 Å². The molecule has 0 saturated heterocycles. The second-order valence-corrected chi connectivity index (χ2v) is 3.80. The van der Waals surface area contributed by atoms with E-state index in [0.29, 0.717) is 5.75 Å². The first kappa shape index (κ1) is 16.5. The highest BCUT2D eigenvalue weighted by Crippen LogP contribution is 2.26. The maximum Gasteiger partial charge on any atom is 0.361 e. The zero-order valence-corrected chi connectivity index (χ0v) is 12.3. The van der Waals surface area contributed by atoms with Gasteiger partial charge in [-0.05, 0) is 25.1 Å². The van der Waals surface area contributed by atoms with E-state index < -0.39 is 11.9 Å². The molecule has 0 spiro atoms. The Hall–Kier alpha value is -2.57. The summed E-state index contributed by atoms with van der Waals surface area (Å²) in [5.41, 5.74) is 0.124. The minimum Gasteiger partial charge on any atom is -0.497 e. The highest BCUT2D eigenvalue weighted by molar-refractivity contribution is 6.43. The normalized spacial score (nSPS) is 10.8. The summed E-state index contributed by atoms with van der Waals surface area (Å²) in [4.78, 5) is 27.8. The average Bonchev–Trinajstić information content (AvgIpc) is 2.45. The third kappa shape index (κ3) is 4.48. The van der Waals surface area contributed by atoms with Crippen LogP contribution in [0.15, 0.2) is 23.4 Å². The van der Waals surface area contributed by atoms with Gasteiger partial charge < -0.3 is 19.0 Å². The van der Waals surface area contributed by atoms with Crippen molar-refractivity contribution in [3.05, 3.63) is 23.8 Å². The van der Waals surface area contributed by atoms with Gasteiger partial charge in [0.1, 0.15) is 18.6 Å². The molecule has 1 rings (SSSR count). The van der Waals surface area contributed by atoms with Crippen molar-refractivity contribution in [3.8, 4) is 11.5 Å². The van der Waals surface area contributed by atoms with E-state index in [-0.39, 0.29) is 23.6 Å². The number of hydrogen-bond acceptors (Lipinski definition) is 7. The number of ether oxygens (including phenoxy) is 3. The topological polar surface area (TPSA) is 83.4 Å². The molecule has 0 amide bonds. The molecule has 0 radical (unpaired) electrons. The number of esters is 2. The van der Waals surface area contributed by atoms with Crippen LogP contribution in [0.5, 0.6) is 11.5 Å². The van der Waals surface area contributed by atoms with Crippen molar-refractivity contribution < 1.29 is 28.6 Å². The van der Waals surface area contributed by atoms with Crippen LogP contribution in [-0.4, -0.2) is 38.5 Å². The molecule has 0 aliphatic heterocycles. The molecule has 7 heteroatoms. The van der Waals surface area contributed by atoms with Gasteiger partial charge in [-0.1, -0.05) is 5.16 Å². The Bertz CT molecular complexity index is 552. The number of carbonyl (C=O) groups excluding carboxylic acids is 2. The predicted molar refractivity (Wildman–Crippen MR) is 74.5 cm³/mol. The number of hydrogen-bond donors (Lipinski definition) is 0. The van der Waals surface area contributed by atoms with Gasteiger partial charge in [-0.2, -0.15) is 0 Å². The number of benzene rings is 1. The maximum atomic E-state index is 12.0. The van der Waals surface area contributed by atoms with E-state index in [4.69, 9.17) is 14.2 Å². The summed E-state index contributed by atoms with van der Waals surface area (Å²) >= 11 is 0. The van der Waals surface area contributed by atoms with Crippen LogP contribution in [0.4, 0.5) is 0 Å². The van der Waals surface area contributed by atoms with E-state index in [0.717, 1.165) is 0 Å². The molecule has 0 bridgehead atoms. The molecule has 114 valence electrons. The molecular weight excluding hydrogens is 278 g/mol. The SMILES string of the molecule is CCOC(=O)/C(=N/OC)c1cc(OC)ccc1OC(C)=O. The van der Waals surface area contributed by atoms with Crippen molar-refractivity contribution in [3.63, 3.8) is 0 Å². The third-order valence-corrected chi connectivity index (χ3v) is 2.35. The molecule has 0 fully saturated rings. The van der Waals surface area contributed by atoms with Crippen molar-refractivity contribution in [1.82, 2.24) is 0 Å². The highest BCUT2D eigenvalue weighted by atomic mass is 16.6. The molecule has 7 nitrogen and oxygen atoms in total. The summed E-state index contributed by atoms with van der Waals surface area (Å²) in [5, 5.41) is 3.65. The lowest BCUT2D eigenvalue weighted by Crippen LogP contribution is -2.20. The van der Waals surface area contributed by atoms with Crippen molar-refractivity contribution in [2.75, 3.05) is 20.8 Å². The van der Waals surface area contributed by atoms with E-state index in [9.17, 15) is 9.59 Å². The van der Waals surface area contributed by atoms with E-state index in [1.807, 2.05) is 0 Å². The number of rotatable bonds is 6. The Morgan fingerprint density at radius 3 is 2.48 bits per heavy atom. The maximum absolute atomic E-state index is 12.0. The average molecular weight is 295 g/mol. The molecule has 0 saturated carbocycles. The number of nitrogens with zero attached hydrogens (tertiary/aromatic N) is 1. The summed E-state index contributed by atoms with van der Waals surface area (Å²) in [5.74, 6) is -0.593. The molecule has 21 heavy (non-hydrogen) atoms. The van der Waals surface area contributed by atoms with Gasteiger partial charge in [0.25, 0.3) is 0 Å². The lowest BCUT2D eigenvalue weighted by Gasteiger charge is -2.11. The van der Waals surface area contributed by atoms with Gasteiger partial charge in [-0.15, -0.1) is 0 Å². The van der Waals surface area contributed by atoms with Crippen molar-refractivity contribution in [2.24, 2.45) is 5.16 Å². The summed E-state index contributed by atoms with van der Waals surface area (Å²) in [6.45, 7) is 3.10. The Morgan fingerprint density at radius 2 is 1.95 bits per heavy atom. The molecule has 0 aliphatic rings. The van der Waals surface area contributed by atoms with Gasteiger partial charge in [0.15, 0.2) is 5.71 Å². The molecule has 1 aromatic carbocycles. The highest BCUT2D eigenvalue weighted by Gasteiger charge is 2.22. The fraction of sp³-hybridized carbons (Fsp3) is 0.357. The summed E-state index contributed by atoms with van der Waals surface area (Å²) in [6.07, 6.45) is 0.